The van der Waals surface area contributed by atoms with Crippen LogP contribution in [0.1, 0.15) is 65.8 Å². The summed E-state index contributed by atoms with van der Waals surface area (Å²) < 4.78 is 2.62. The summed E-state index contributed by atoms with van der Waals surface area (Å²) in [6.45, 7) is 0. The zero-order valence-corrected chi connectivity index (χ0v) is 38.2. The third-order valence-corrected chi connectivity index (χ3v) is 16.2. The van der Waals surface area contributed by atoms with Crippen molar-refractivity contribution < 1.29 is 0 Å². The monoisotopic (exact) mass is 875 g/mol. The van der Waals surface area contributed by atoms with Crippen LogP contribution in [0.5, 0.6) is 0 Å². The van der Waals surface area contributed by atoms with Crippen LogP contribution in [-0.4, -0.2) is 0 Å². The summed E-state index contributed by atoms with van der Waals surface area (Å²) in [4.78, 5) is 2.63. The number of fused-ring (bicyclic) bond motifs is 7. The number of anilines is 3. The molecule has 1 fully saturated rings. The molecule has 0 amide bonds. The third kappa shape index (κ3) is 6.27. The SMILES string of the molecule is c1ccc(C2(c3ccccc3)c3ccccc3-c3c(N(c4ccccc4-c4cccc5c4sc4ccccc45)c4ccccc4-c4cccc5cccc(C6CCCCC6)c45)cccc32)cc1. The molecule has 0 unspecified atom stereocenters. The molecule has 1 nitrogen and oxygen atoms in total. The molecule has 13 rings (SSSR count). The maximum Gasteiger partial charge on any atom is 0.0714 e. The number of rotatable bonds is 8. The Hall–Kier alpha value is -7.52. The number of benzene rings is 10. The summed E-state index contributed by atoms with van der Waals surface area (Å²) in [6, 6.07) is 86.8. The first kappa shape index (κ1) is 39.8. The van der Waals surface area contributed by atoms with Gasteiger partial charge in [-0.05, 0) is 92.7 Å². The van der Waals surface area contributed by atoms with Crippen LogP contribution in [0.4, 0.5) is 17.1 Å². The Kier molecular flexibility index (Phi) is 9.76. The van der Waals surface area contributed by atoms with Crippen LogP contribution < -0.4 is 4.90 Å². The highest BCUT2D eigenvalue weighted by molar-refractivity contribution is 7.26. The van der Waals surface area contributed by atoms with Gasteiger partial charge in [-0.2, -0.15) is 0 Å². The van der Waals surface area contributed by atoms with E-state index in [1.54, 1.807) is 0 Å². The van der Waals surface area contributed by atoms with E-state index in [1.165, 1.54) is 124 Å². The zero-order valence-electron chi connectivity index (χ0n) is 37.4. The van der Waals surface area contributed by atoms with E-state index in [0.717, 1.165) is 17.1 Å². The van der Waals surface area contributed by atoms with E-state index in [2.05, 4.69) is 235 Å². The number of hydrogen-bond donors (Lipinski definition) is 0. The molecular formula is C65H49NS. The molecular weight excluding hydrogens is 827 g/mol. The molecule has 2 aliphatic rings. The largest absolute Gasteiger partial charge is 0.309 e. The van der Waals surface area contributed by atoms with Crippen LogP contribution in [0.15, 0.2) is 231 Å². The van der Waals surface area contributed by atoms with Crippen molar-refractivity contribution >= 4 is 59.3 Å². The van der Waals surface area contributed by atoms with Gasteiger partial charge in [0.25, 0.3) is 0 Å². The molecule has 0 saturated heterocycles. The lowest BCUT2D eigenvalue weighted by molar-refractivity contribution is 0.445. The molecule has 0 bridgehead atoms. The van der Waals surface area contributed by atoms with Crippen molar-refractivity contribution in [2.45, 2.75) is 43.4 Å². The summed E-state index contributed by atoms with van der Waals surface area (Å²) in [7, 11) is 0. The number of para-hydroxylation sites is 2. The molecule has 0 spiro atoms. The molecule has 1 saturated carbocycles. The summed E-state index contributed by atoms with van der Waals surface area (Å²) >= 11 is 1.90. The minimum atomic E-state index is -0.539. The summed E-state index contributed by atoms with van der Waals surface area (Å²) in [5, 5.41) is 5.31. The fourth-order valence-electron chi connectivity index (χ4n) is 12.1. The van der Waals surface area contributed by atoms with Gasteiger partial charge in [0.15, 0.2) is 0 Å². The minimum absolute atomic E-state index is 0.539. The van der Waals surface area contributed by atoms with Crippen molar-refractivity contribution in [3.63, 3.8) is 0 Å². The molecule has 320 valence electrons. The lowest BCUT2D eigenvalue weighted by atomic mass is 9.68. The second kappa shape index (κ2) is 16.4. The second-order valence-corrected chi connectivity index (χ2v) is 19.5. The van der Waals surface area contributed by atoms with E-state index in [4.69, 9.17) is 0 Å². The Balaban J connectivity index is 1.14. The van der Waals surface area contributed by atoms with Crippen molar-refractivity contribution in [3.05, 3.63) is 258 Å². The summed E-state index contributed by atoms with van der Waals surface area (Å²) in [5.41, 5.74) is 17.0. The summed E-state index contributed by atoms with van der Waals surface area (Å²) in [5.74, 6) is 0.558. The highest BCUT2D eigenvalue weighted by atomic mass is 32.1. The number of hydrogen-bond acceptors (Lipinski definition) is 2. The molecule has 0 N–H and O–H groups in total. The van der Waals surface area contributed by atoms with E-state index in [9.17, 15) is 0 Å². The van der Waals surface area contributed by atoms with Crippen LogP contribution >= 0.6 is 11.3 Å². The van der Waals surface area contributed by atoms with E-state index >= 15 is 0 Å². The Morgan fingerprint density at radius 3 is 1.66 bits per heavy atom. The van der Waals surface area contributed by atoms with Crippen molar-refractivity contribution in [1.29, 1.82) is 0 Å². The molecule has 0 radical (unpaired) electrons. The van der Waals surface area contributed by atoms with E-state index in [1.807, 2.05) is 11.3 Å². The normalized spacial score (nSPS) is 14.3. The summed E-state index contributed by atoms with van der Waals surface area (Å²) in [6.07, 6.45) is 6.42. The maximum absolute atomic E-state index is 2.63. The van der Waals surface area contributed by atoms with Crippen molar-refractivity contribution in [3.8, 4) is 33.4 Å². The third-order valence-electron chi connectivity index (χ3n) is 15.0. The van der Waals surface area contributed by atoms with Crippen molar-refractivity contribution in [1.82, 2.24) is 0 Å². The van der Waals surface area contributed by atoms with E-state index in [0.29, 0.717) is 5.92 Å². The van der Waals surface area contributed by atoms with Crippen LogP contribution in [0.25, 0.3) is 64.3 Å². The molecule has 1 heterocycles. The highest BCUT2D eigenvalue weighted by Gasteiger charge is 2.47. The first-order chi connectivity index (χ1) is 33.3. The van der Waals surface area contributed by atoms with Crippen LogP contribution in [0.2, 0.25) is 0 Å². The van der Waals surface area contributed by atoms with Gasteiger partial charge in [-0.3, -0.25) is 0 Å². The number of thiophene rings is 1. The van der Waals surface area contributed by atoms with Gasteiger partial charge in [0.1, 0.15) is 0 Å². The van der Waals surface area contributed by atoms with Gasteiger partial charge in [-0.1, -0.05) is 226 Å². The average molecular weight is 876 g/mol. The minimum Gasteiger partial charge on any atom is -0.309 e. The molecule has 10 aromatic carbocycles. The van der Waals surface area contributed by atoms with Crippen molar-refractivity contribution in [2.75, 3.05) is 4.90 Å². The first-order valence-corrected chi connectivity index (χ1v) is 24.9. The lowest BCUT2D eigenvalue weighted by Crippen LogP contribution is -2.28. The van der Waals surface area contributed by atoms with Gasteiger partial charge in [0.2, 0.25) is 0 Å². The molecule has 11 aromatic rings. The Bertz CT molecular complexity index is 3590. The van der Waals surface area contributed by atoms with Crippen LogP contribution in [0.3, 0.4) is 0 Å². The lowest BCUT2D eigenvalue weighted by Gasteiger charge is -2.35. The van der Waals surface area contributed by atoms with Gasteiger partial charge < -0.3 is 4.90 Å². The second-order valence-electron chi connectivity index (χ2n) is 18.5. The van der Waals surface area contributed by atoms with Gasteiger partial charge in [0, 0.05) is 42.4 Å². The predicted octanol–water partition coefficient (Wildman–Crippen LogP) is 18.4. The fourth-order valence-corrected chi connectivity index (χ4v) is 13.4. The average Bonchev–Trinajstić information content (AvgIpc) is 3.94. The van der Waals surface area contributed by atoms with Crippen LogP contribution in [0, 0.1) is 0 Å². The van der Waals surface area contributed by atoms with E-state index < -0.39 is 5.41 Å². The molecule has 2 heteroatoms. The van der Waals surface area contributed by atoms with Gasteiger partial charge in [-0.15, -0.1) is 11.3 Å². The van der Waals surface area contributed by atoms with Crippen molar-refractivity contribution in [2.24, 2.45) is 0 Å². The first-order valence-electron chi connectivity index (χ1n) is 24.0. The molecule has 0 aliphatic heterocycles. The quantitative estimate of drug-likeness (QED) is 0.147. The molecule has 2 aliphatic carbocycles. The molecule has 0 atom stereocenters. The van der Waals surface area contributed by atoms with Gasteiger partial charge >= 0.3 is 0 Å². The zero-order chi connectivity index (χ0) is 44.3. The maximum atomic E-state index is 2.63. The van der Waals surface area contributed by atoms with Gasteiger partial charge in [0.05, 0.1) is 22.5 Å². The van der Waals surface area contributed by atoms with Crippen LogP contribution in [-0.2, 0) is 5.41 Å². The fraction of sp³-hybridized carbons (Fsp3) is 0.108. The Morgan fingerprint density at radius 1 is 0.388 bits per heavy atom. The molecule has 67 heavy (non-hydrogen) atoms. The standard InChI is InChI=1S/C65H49NS/c1-4-22-44(23-5-1)48-34-18-24-45-25-19-35-52(62(45)48)49-30-11-15-40-58(49)66(59-41-16-12-31-50(59)53-36-20-37-54-51-32-13-17-43-61(51)67-64(53)54)60-42-21-39-57-63(60)55-33-10-14-38-56(55)65(57,46-26-6-2-7-27-46)47-28-8-3-9-29-47/h2-3,6-21,24-44H,1,4-5,22-23H2. The predicted molar refractivity (Wildman–Crippen MR) is 286 cm³/mol. The van der Waals surface area contributed by atoms with Gasteiger partial charge in [-0.25, -0.2) is 0 Å². The molecule has 1 aromatic heterocycles. The Morgan fingerprint density at radius 2 is 0.910 bits per heavy atom. The topological polar surface area (TPSA) is 3.24 Å². The van der Waals surface area contributed by atoms with E-state index in [-0.39, 0.29) is 0 Å². The highest BCUT2D eigenvalue weighted by Crippen LogP contribution is 2.60. The number of nitrogens with zero attached hydrogens (tertiary/aromatic N) is 1. The smallest absolute Gasteiger partial charge is 0.0714 e. The Labute approximate surface area is 397 Å².